The molecule has 0 aliphatic heterocycles. The van der Waals surface area contributed by atoms with Crippen LogP contribution in [0.3, 0.4) is 0 Å². The minimum Gasteiger partial charge on any atom is -0.385 e. The summed E-state index contributed by atoms with van der Waals surface area (Å²) < 4.78 is 29.7. The van der Waals surface area contributed by atoms with Crippen molar-refractivity contribution in [1.29, 1.82) is 0 Å². The number of hydrogen-bond donors (Lipinski definition) is 1. The Morgan fingerprint density at radius 1 is 1.27 bits per heavy atom. The molecule has 1 aromatic carbocycles. The molecule has 1 N–H and O–H groups in total. The van der Waals surface area contributed by atoms with Gasteiger partial charge in [0.1, 0.15) is 0 Å². The quantitative estimate of drug-likeness (QED) is 0.684. The summed E-state index contributed by atoms with van der Waals surface area (Å²) in [5.74, 6) is -0.311. The van der Waals surface area contributed by atoms with Crippen molar-refractivity contribution in [3.05, 3.63) is 35.4 Å². The molecule has 0 aliphatic rings. The summed E-state index contributed by atoms with van der Waals surface area (Å²) in [7, 11) is -1.86. The Morgan fingerprint density at radius 2 is 1.91 bits per heavy atom. The van der Waals surface area contributed by atoms with E-state index in [4.69, 9.17) is 4.74 Å². The molecular weight excluding hydrogens is 304 g/mol. The van der Waals surface area contributed by atoms with Crippen LogP contribution in [0, 0.1) is 6.92 Å². The number of benzene rings is 1. The first-order valence-corrected chi connectivity index (χ1v) is 8.94. The third-order valence-electron chi connectivity index (χ3n) is 3.12. The van der Waals surface area contributed by atoms with E-state index >= 15 is 0 Å². The van der Waals surface area contributed by atoms with Crippen molar-refractivity contribution in [1.82, 2.24) is 9.62 Å². The Balaban J connectivity index is 2.62. The van der Waals surface area contributed by atoms with Crippen LogP contribution < -0.4 is 5.32 Å². The fourth-order valence-corrected chi connectivity index (χ4v) is 2.58. The number of sulfonamides is 1. The van der Waals surface area contributed by atoms with E-state index in [1.54, 1.807) is 7.11 Å². The molecule has 0 aromatic heterocycles. The summed E-state index contributed by atoms with van der Waals surface area (Å²) in [5.41, 5.74) is 1.95. The fourth-order valence-electron chi connectivity index (χ4n) is 1.85. The Hall–Kier alpha value is -1.44. The molecule has 0 atom stereocenters. The number of nitrogens with one attached hydrogen (secondary N) is 1. The Labute approximate surface area is 132 Å². The maximum Gasteiger partial charge on any atom is 0.235 e. The van der Waals surface area contributed by atoms with Crippen molar-refractivity contribution in [2.45, 2.75) is 19.9 Å². The second kappa shape index (κ2) is 8.87. The van der Waals surface area contributed by atoms with Gasteiger partial charge in [-0.25, -0.2) is 8.42 Å². The Kier molecular flexibility index (Phi) is 7.50. The van der Waals surface area contributed by atoms with Crippen LogP contribution in [-0.2, 0) is 26.1 Å². The highest BCUT2D eigenvalue weighted by Crippen LogP contribution is 2.09. The lowest BCUT2D eigenvalue weighted by atomic mass is 10.1. The summed E-state index contributed by atoms with van der Waals surface area (Å²) in [6.07, 6.45) is 1.80. The van der Waals surface area contributed by atoms with Gasteiger partial charge in [0.15, 0.2) is 0 Å². The predicted octanol–water partition coefficient (Wildman–Crippen LogP) is 0.909. The Morgan fingerprint density at radius 3 is 2.45 bits per heavy atom. The lowest BCUT2D eigenvalue weighted by Gasteiger charge is -2.19. The van der Waals surface area contributed by atoms with Crippen molar-refractivity contribution in [3.8, 4) is 0 Å². The molecule has 22 heavy (non-hydrogen) atoms. The average Bonchev–Trinajstić information content (AvgIpc) is 2.44. The normalized spacial score (nSPS) is 11.6. The molecule has 0 bridgehead atoms. The molecule has 0 unspecified atom stereocenters. The van der Waals surface area contributed by atoms with Crippen molar-refractivity contribution in [3.63, 3.8) is 0 Å². The summed E-state index contributed by atoms with van der Waals surface area (Å²) in [6, 6.07) is 7.56. The number of methoxy groups -OCH3 is 1. The van der Waals surface area contributed by atoms with Crippen LogP contribution in [0.25, 0.3) is 0 Å². The third-order valence-corrected chi connectivity index (χ3v) is 4.31. The number of hydrogen-bond acceptors (Lipinski definition) is 4. The third kappa shape index (κ3) is 7.02. The van der Waals surface area contributed by atoms with Crippen LogP contribution in [0.5, 0.6) is 0 Å². The molecule has 0 heterocycles. The van der Waals surface area contributed by atoms with Crippen LogP contribution >= 0.6 is 0 Å². The first kappa shape index (κ1) is 18.6. The number of carbonyl (C=O) groups is 1. The van der Waals surface area contributed by atoms with Crippen LogP contribution in [0.2, 0.25) is 0 Å². The molecule has 1 aromatic rings. The second-order valence-electron chi connectivity index (χ2n) is 5.21. The molecule has 7 heteroatoms. The lowest BCUT2D eigenvalue weighted by Crippen LogP contribution is -2.40. The SMILES string of the molecule is COCCCNC(=O)CN(Cc1ccc(C)cc1)S(C)(=O)=O. The predicted molar refractivity (Wildman–Crippen MR) is 85.9 cm³/mol. The van der Waals surface area contributed by atoms with E-state index < -0.39 is 10.0 Å². The maximum atomic E-state index is 11.8. The van der Waals surface area contributed by atoms with Gasteiger partial charge in [0.2, 0.25) is 15.9 Å². The Bertz CT molecular complexity index is 570. The molecule has 0 radical (unpaired) electrons. The van der Waals surface area contributed by atoms with Gasteiger partial charge in [-0.3, -0.25) is 4.79 Å². The molecule has 0 saturated heterocycles. The molecule has 1 amide bonds. The van der Waals surface area contributed by atoms with E-state index in [0.717, 1.165) is 17.4 Å². The highest BCUT2D eigenvalue weighted by molar-refractivity contribution is 7.88. The molecule has 124 valence electrons. The van der Waals surface area contributed by atoms with Crippen molar-refractivity contribution in [2.75, 3.05) is 33.1 Å². The number of amides is 1. The van der Waals surface area contributed by atoms with Crippen molar-refractivity contribution < 1.29 is 17.9 Å². The summed E-state index contributed by atoms with van der Waals surface area (Å²) >= 11 is 0. The number of ether oxygens (including phenoxy) is 1. The van der Waals surface area contributed by atoms with E-state index in [1.807, 2.05) is 31.2 Å². The van der Waals surface area contributed by atoms with Gasteiger partial charge < -0.3 is 10.1 Å². The zero-order valence-electron chi connectivity index (χ0n) is 13.3. The monoisotopic (exact) mass is 328 g/mol. The van der Waals surface area contributed by atoms with E-state index in [9.17, 15) is 13.2 Å². The topological polar surface area (TPSA) is 75.7 Å². The summed E-state index contributed by atoms with van der Waals surface area (Å²) in [6.45, 7) is 2.99. The number of carbonyl (C=O) groups excluding carboxylic acids is 1. The van der Waals surface area contributed by atoms with E-state index in [2.05, 4.69) is 5.32 Å². The smallest absolute Gasteiger partial charge is 0.235 e. The highest BCUT2D eigenvalue weighted by Gasteiger charge is 2.20. The van der Waals surface area contributed by atoms with Gasteiger partial charge in [-0.2, -0.15) is 4.31 Å². The molecule has 0 saturated carbocycles. The average molecular weight is 328 g/mol. The molecule has 1 rings (SSSR count). The summed E-state index contributed by atoms with van der Waals surface area (Å²) in [4.78, 5) is 11.8. The van der Waals surface area contributed by atoms with Crippen LogP contribution in [-0.4, -0.2) is 51.7 Å². The number of rotatable bonds is 9. The first-order valence-electron chi connectivity index (χ1n) is 7.09. The van der Waals surface area contributed by atoms with E-state index in [0.29, 0.717) is 19.6 Å². The van der Waals surface area contributed by atoms with Crippen LogP contribution in [0.4, 0.5) is 0 Å². The zero-order chi connectivity index (χ0) is 16.6. The largest absolute Gasteiger partial charge is 0.385 e. The van der Waals surface area contributed by atoms with Crippen molar-refractivity contribution in [2.24, 2.45) is 0 Å². The fraction of sp³-hybridized carbons (Fsp3) is 0.533. The zero-order valence-corrected chi connectivity index (χ0v) is 14.1. The lowest BCUT2D eigenvalue weighted by molar-refractivity contribution is -0.121. The van der Waals surface area contributed by atoms with Gasteiger partial charge in [-0.05, 0) is 18.9 Å². The van der Waals surface area contributed by atoms with Gasteiger partial charge in [0.05, 0.1) is 12.8 Å². The minimum absolute atomic E-state index is 0.181. The number of nitrogens with zero attached hydrogens (tertiary/aromatic N) is 1. The molecule has 0 aliphatic carbocycles. The van der Waals surface area contributed by atoms with Gasteiger partial charge in [0, 0.05) is 26.8 Å². The maximum absolute atomic E-state index is 11.8. The molecule has 0 fully saturated rings. The van der Waals surface area contributed by atoms with Crippen molar-refractivity contribution >= 4 is 15.9 Å². The van der Waals surface area contributed by atoms with E-state index in [1.165, 1.54) is 4.31 Å². The van der Waals surface area contributed by atoms with Crippen LogP contribution in [0.15, 0.2) is 24.3 Å². The van der Waals surface area contributed by atoms with Gasteiger partial charge in [-0.1, -0.05) is 29.8 Å². The second-order valence-corrected chi connectivity index (χ2v) is 7.20. The standard InChI is InChI=1S/C15H24N2O4S/c1-13-5-7-14(8-6-13)11-17(22(3,19)20)12-15(18)16-9-4-10-21-2/h5-8H,4,9-12H2,1-3H3,(H,16,18). The minimum atomic E-state index is -3.46. The van der Waals surface area contributed by atoms with Gasteiger partial charge >= 0.3 is 0 Å². The molecule has 0 spiro atoms. The van der Waals surface area contributed by atoms with Gasteiger partial charge in [0.25, 0.3) is 0 Å². The first-order chi connectivity index (χ1) is 10.3. The molecule has 6 nitrogen and oxygen atoms in total. The highest BCUT2D eigenvalue weighted by atomic mass is 32.2. The molecular formula is C15H24N2O4S. The van der Waals surface area contributed by atoms with E-state index in [-0.39, 0.29) is 19.0 Å². The summed E-state index contributed by atoms with van der Waals surface area (Å²) in [5, 5.41) is 2.69. The van der Waals surface area contributed by atoms with Crippen LogP contribution in [0.1, 0.15) is 17.5 Å². The number of aryl methyl sites for hydroxylation is 1. The van der Waals surface area contributed by atoms with Gasteiger partial charge in [-0.15, -0.1) is 0 Å².